The van der Waals surface area contributed by atoms with E-state index >= 15 is 0 Å². The van der Waals surface area contributed by atoms with Crippen LogP contribution >= 0.6 is 11.6 Å². The number of carbonyl (C=O) groups is 1. The molecule has 7 nitrogen and oxygen atoms in total. The van der Waals surface area contributed by atoms with Gasteiger partial charge >= 0.3 is 6.18 Å². The van der Waals surface area contributed by atoms with Gasteiger partial charge in [-0.25, -0.2) is 9.67 Å². The van der Waals surface area contributed by atoms with Crippen molar-refractivity contribution in [2.75, 3.05) is 0 Å². The summed E-state index contributed by atoms with van der Waals surface area (Å²) in [5.41, 5.74) is 8.55. The summed E-state index contributed by atoms with van der Waals surface area (Å²) in [5.74, 6) is -0.303. The maximum atomic E-state index is 13.5. The van der Waals surface area contributed by atoms with Gasteiger partial charge < -0.3 is 10.3 Å². The van der Waals surface area contributed by atoms with Crippen LogP contribution in [-0.4, -0.2) is 30.5 Å². The molecule has 0 aliphatic carbocycles. The highest BCUT2D eigenvalue weighted by Gasteiger charge is 2.35. The number of amides is 1. The van der Waals surface area contributed by atoms with Crippen molar-refractivity contribution in [3.63, 3.8) is 0 Å². The number of alkyl halides is 3. The standard InChI is InChI=1S/C30H26ClF3N6O/c1-18-37-27(30(32,33)34)17-39(18)25-11-10-21(20-7-5-8-22(14-20)29(2,3)28(35)41)15-26(25)40-24(16-36-38-40)13-19-6-4-9-23(31)12-19/h4-12,14-17H,13H2,1-3H3,(H2,35,41). The molecule has 0 bridgehead atoms. The van der Waals surface area contributed by atoms with Gasteiger partial charge in [0.05, 0.1) is 28.7 Å². The Morgan fingerprint density at radius 3 is 2.39 bits per heavy atom. The summed E-state index contributed by atoms with van der Waals surface area (Å²) in [6.07, 6.45) is -1.60. The summed E-state index contributed by atoms with van der Waals surface area (Å²) in [4.78, 5) is 15.9. The second-order valence-electron chi connectivity index (χ2n) is 10.3. The summed E-state index contributed by atoms with van der Waals surface area (Å²) in [6, 6.07) is 20.1. The number of carbonyl (C=O) groups excluding carboxylic acids is 1. The number of rotatable bonds is 7. The summed E-state index contributed by atoms with van der Waals surface area (Å²) in [6.45, 7) is 5.01. The van der Waals surface area contributed by atoms with E-state index in [1.807, 2.05) is 48.5 Å². The predicted molar refractivity (Wildman–Crippen MR) is 150 cm³/mol. The molecule has 0 unspecified atom stereocenters. The summed E-state index contributed by atoms with van der Waals surface area (Å²) < 4.78 is 43.6. The van der Waals surface area contributed by atoms with Gasteiger partial charge in [0.1, 0.15) is 5.82 Å². The minimum atomic E-state index is -4.60. The topological polar surface area (TPSA) is 91.6 Å². The average Bonchev–Trinajstić information content (AvgIpc) is 3.54. The maximum Gasteiger partial charge on any atom is 0.434 e. The minimum Gasteiger partial charge on any atom is -0.369 e. The molecular formula is C30H26ClF3N6O. The number of halogens is 4. The molecule has 0 spiro atoms. The number of imidazole rings is 1. The number of hydrogen-bond acceptors (Lipinski definition) is 4. The van der Waals surface area contributed by atoms with E-state index in [0.717, 1.165) is 28.5 Å². The first-order valence-corrected chi connectivity index (χ1v) is 13.0. The van der Waals surface area contributed by atoms with Crippen molar-refractivity contribution in [2.24, 2.45) is 5.73 Å². The molecule has 210 valence electrons. The van der Waals surface area contributed by atoms with Gasteiger partial charge in [-0.2, -0.15) is 13.2 Å². The van der Waals surface area contributed by atoms with Crippen LogP contribution in [-0.2, 0) is 22.8 Å². The Labute approximate surface area is 239 Å². The molecule has 3 aromatic carbocycles. The zero-order chi connectivity index (χ0) is 29.5. The highest BCUT2D eigenvalue weighted by Crippen LogP contribution is 2.34. The second-order valence-corrected chi connectivity index (χ2v) is 10.7. The average molecular weight is 579 g/mol. The molecular weight excluding hydrogens is 553 g/mol. The fraction of sp³-hybridized carbons (Fsp3) is 0.200. The zero-order valence-corrected chi connectivity index (χ0v) is 23.2. The van der Waals surface area contributed by atoms with Crippen LogP contribution < -0.4 is 5.73 Å². The Morgan fingerprint density at radius 2 is 1.71 bits per heavy atom. The Balaban J connectivity index is 1.68. The van der Waals surface area contributed by atoms with Gasteiger partial charge in [0, 0.05) is 17.6 Å². The van der Waals surface area contributed by atoms with Gasteiger partial charge in [-0.05, 0) is 67.3 Å². The Bertz CT molecular complexity index is 1760. The van der Waals surface area contributed by atoms with Crippen LogP contribution in [0.15, 0.2) is 79.1 Å². The van der Waals surface area contributed by atoms with E-state index in [1.165, 1.54) is 11.5 Å². The van der Waals surface area contributed by atoms with Crippen LogP contribution in [0.2, 0.25) is 5.02 Å². The van der Waals surface area contributed by atoms with Gasteiger partial charge in [0.2, 0.25) is 5.91 Å². The van der Waals surface area contributed by atoms with Gasteiger partial charge in [-0.1, -0.05) is 59.3 Å². The summed E-state index contributed by atoms with van der Waals surface area (Å²) in [5, 5.41) is 9.00. The van der Waals surface area contributed by atoms with Crippen molar-refractivity contribution >= 4 is 17.5 Å². The lowest BCUT2D eigenvalue weighted by molar-refractivity contribution is -0.141. The van der Waals surface area contributed by atoms with E-state index in [9.17, 15) is 18.0 Å². The SMILES string of the molecule is Cc1nc(C(F)(F)F)cn1-c1ccc(-c2cccc(C(C)(C)C(N)=O)c2)cc1-n1nncc1Cc1cccc(Cl)c1. The second kappa shape index (κ2) is 10.5. The number of aryl methyl sites for hydroxylation is 1. The van der Waals surface area contributed by atoms with Crippen molar-refractivity contribution in [3.8, 4) is 22.5 Å². The number of primary amides is 1. The van der Waals surface area contributed by atoms with E-state index in [-0.39, 0.29) is 5.82 Å². The molecule has 11 heteroatoms. The number of nitrogens with zero attached hydrogens (tertiary/aromatic N) is 5. The van der Waals surface area contributed by atoms with Crippen LogP contribution in [0.4, 0.5) is 13.2 Å². The van der Waals surface area contributed by atoms with Crippen LogP contribution in [0, 0.1) is 6.92 Å². The van der Waals surface area contributed by atoms with Crippen LogP contribution in [0.5, 0.6) is 0 Å². The number of benzene rings is 3. The van der Waals surface area contributed by atoms with Crippen molar-refractivity contribution in [1.29, 1.82) is 0 Å². The molecule has 5 aromatic rings. The zero-order valence-electron chi connectivity index (χ0n) is 22.4. The molecule has 0 aliphatic heterocycles. The van der Waals surface area contributed by atoms with E-state index in [4.69, 9.17) is 17.3 Å². The first kappa shape index (κ1) is 28.1. The molecule has 0 fully saturated rings. The Kier molecular flexibility index (Phi) is 7.21. The van der Waals surface area contributed by atoms with E-state index in [1.54, 1.807) is 42.9 Å². The molecule has 2 aromatic heterocycles. The lowest BCUT2D eigenvalue weighted by atomic mass is 9.82. The third kappa shape index (κ3) is 5.60. The molecule has 0 saturated carbocycles. The fourth-order valence-corrected chi connectivity index (χ4v) is 4.81. The van der Waals surface area contributed by atoms with E-state index in [0.29, 0.717) is 28.5 Å². The summed E-state index contributed by atoms with van der Waals surface area (Å²) in [7, 11) is 0. The van der Waals surface area contributed by atoms with Gasteiger partial charge in [-0.3, -0.25) is 4.79 Å². The normalized spacial score (nSPS) is 12.1. The highest BCUT2D eigenvalue weighted by atomic mass is 35.5. The Morgan fingerprint density at radius 1 is 0.976 bits per heavy atom. The molecule has 2 N–H and O–H groups in total. The van der Waals surface area contributed by atoms with Crippen LogP contribution in [0.25, 0.3) is 22.5 Å². The van der Waals surface area contributed by atoms with Crippen LogP contribution in [0.3, 0.4) is 0 Å². The van der Waals surface area contributed by atoms with Gasteiger partial charge in [-0.15, -0.1) is 5.10 Å². The molecule has 41 heavy (non-hydrogen) atoms. The lowest BCUT2D eigenvalue weighted by Crippen LogP contribution is -2.35. The maximum absolute atomic E-state index is 13.5. The van der Waals surface area contributed by atoms with E-state index in [2.05, 4.69) is 15.3 Å². The predicted octanol–water partition coefficient (Wildman–Crippen LogP) is 6.45. The third-order valence-corrected chi connectivity index (χ3v) is 7.30. The van der Waals surface area contributed by atoms with Gasteiger partial charge in [0.25, 0.3) is 0 Å². The molecule has 0 saturated heterocycles. The first-order valence-electron chi connectivity index (χ1n) is 12.7. The quantitative estimate of drug-likeness (QED) is 0.240. The largest absolute Gasteiger partial charge is 0.434 e. The lowest BCUT2D eigenvalue weighted by Gasteiger charge is -2.22. The molecule has 0 radical (unpaired) electrons. The first-order chi connectivity index (χ1) is 19.3. The van der Waals surface area contributed by atoms with Crippen molar-refractivity contribution in [1.82, 2.24) is 24.5 Å². The molecule has 5 rings (SSSR count). The Hall–Kier alpha value is -4.44. The van der Waals surface area contributed by atoms with Crippen molar-refractivity contribution < 1.29 is 18.0 Å². The van der Waals surface area contributed by atoms with Crippen molar-refractivity contribution in [2.45, 2.75) is 38.8 Å². The number of nitrogens with two attached hydrogens (primary N) is 1. The molecule has 2 heterocycles. The smallest absolute Gasteiger partial charge is 0.369 e. The van der Waals surface area contributed by atoms with E-state index < -0.39 is 23.2 Å². The third-order valence-electron chi connectivity index (χ3n) is 7.06. The molecule has 1 amide bonds. The van der Waals surface area contributed by atoms with Gasteiger partial charge in [0.15, 0.2) is 5.69 Å². The monoisotopic (exact) mass is 578 g/mol. The van der Waals surface area contributed by atoms with Crippen LogP contribution in [0.1, 0.15) is 42.2 Å². The summed E-state index contributed by atoms with van der Waals surface area (Å²) >= 11 is 6.19. The highest BCUT2D eigenvalue weighted by molar-refractivity contribution is 6.30. The number of hydrogen-bond donors (Lipinski definition) is 1. The molecule has 0 atom stereocenters. The minimum absolute atomic E-state index is 0.160. The number of aromatic nitrogens is 5. The fourth-order valence-electron chi connectivity index (χ4n) is 4.60. The van der Waals surface area contributed by atoms with Crippen molar-refractivity contribution in [3.05, 3.63) is 112 Å². The molecule has 0 aliphatic rings.